The predicted octanol–water partition coefficient (Wildman–Crippen LogP) is 1.45. The van der Waals surface area contributed by atoms with E-state index in [9.17, 15) is 0 Å². The smallest absolute Gasteiger partial charge is 0.223 e. The average Bonchev–Trinajstić information content (AvgIpc) is 2.58. The zero-order chi connectivity index (χ0) is 10.2. The first-order valence-electron chi connectivity index (χ1n) is 4.84. The molecule has 78 valence electrons. The SMILES string of the molecule is Cc1nc(C2(N)CCCSC2C)no1. The van der Waals surface area contributed by atoms with Crippen molar-refractivity contribution in [2.75, 3.05) is 5.75 Å². The maximum absolute atomic E-state index is 6.33. The zero-order valence-electron chi connectivity index (χ0n) is 8.49. The monoisotopic (exact) mass is 213 g/mol. The number of rotatable bonds is 1. The van der Waals surface area contributed by atoms with E-state index in [2.05, 4.69) is 17.1 Å². The fourth-order valence-corrected chi connectivity index (χ4v) is 2.94. The summed E-state index contributed by atoms with van der Waals surface area (Å²) in [5, 5.41) is 4.29. The van der Waals surface area contributed by atoms with Gasteiger partial charge in [0.15, 0.2) is 5.82 Å². The van der Waals surface area contributed by atoms with Gasteiger partial charge in [-0.1, -0.05) is 12.1 Å². The van der Waals surface area contributed by atoms with Gasteiger partial charge in [0.25, 0.3) is 0 Å². The van der Waals surface area contributed by atoms with E-state index in [4.69, 9.17) is 10.3 Å². The molecule has 5 heteroatoms. The Morgan fingerprint density at radius 1 is 1.64 bits per heavy atom. The molecule has 1 aromatic rings. The molecular weight excluding hydrogens is 198 g/mol. The summed E-state index contributed by atoms with van der Waals surface area (Å²) < 4.78 is 4.98. The Kier molecular flexibility index (Phi) is 2.53. The Labute approximate surface area is 87.6 Å². The Bertz CT molecular complexity index is 328. The van der Waals surface area contributed by atoms with E-state index < -0.39 is 5.54 Å². The number of aromatic nitrogens is 2. The van der Waals surface area contributed by atoms with E-state index in [1.807, 2.05) is 11.8 Å². The van der Waals surface area contributed by atoms with Crippen molar-refractivity contribution < 1.29 is 4.52 Å². The molecule has 2 rings (SSSR count). The lowest BCUT2D eigenvalue weighted by molar-refractivity contribution is 0.331. The first-order chi connectivity index (χ1) is 6.63. The van der Waals surface area contributed by atoms with Gasteiger partial charge in [0.2, 0.25) is 5.89 Å². The molecule has 0 bridgehead atoms. The molecule has 0 aromatic carbocycles. The van der Waals surface area contributed by atoms with Gasteiger partial charge in [0.05, 0.1) is 5.54 Å². The molecule has 2 heterocycles. The molecule has 2 atom stereocenters. The minimum atomic E-state index is -0.402. The summed E-state index contributed by atoms with van der Waals surface area (Å²) in [5.74, 6) is 2.43. The number of hydrogen-bond donors (Lipinski definition) is 1. The number of hydrogen-bond acceptors (Lipinski definition) is 5. The van der Waals surface area contributed by atoms with Gasteiger partial charge in [-0.3, -0.25) is 0 Å². The third kappa shape index (κ3) is 1.54. The summed E-state index contributed by atoms with van der Waals surface area (Å²) in [4.78, 5) is 4.24. The van der Waals surface area contributed by atoms with Crippen molar-refractivity contribution in [3.63, 3.8) is 0 Å². The van der Waals surface area contributed by atoms with E-state index in [0.717, 1.165) is 12.8 Å². The van der Waals surface area contributed by atoms with Crippen molar-refractivity contribution in [3.05, 3.63) is 11.7 Å². The Morgan fingerprint density at radius 3 is 3.00 bits per heavy atom. The van der Waals surface area contributed by atoms with Crippen LogP contribution in [0.5, 0.6) is 0 Å². The first kappa shape index (κ1) is 9.98. The van der Waals surface area contributed by atoms with Crippen LogP contribution in [0, 0.1) is 6.92 Å². The molecule has 1 fully saturated rings. The van der Waals surface area contributed by atoms with Crippen molar-refractivity contribution >= 4 is 11.8 Å². The van der Waals surface area contributed by atoms with Crippen LogP contribution in [0.15, 0.2) is 4.52 Å². The van der Waals surface area contributed by atoms with Crippen LogP contribution in [0.3, 0.4) is 0 Å². The van der Waals surface area contributed by atoms with Gasteiger partial charge >= 0.3 is 0 Å². The molecule has 4 nitrogen and oxygen atoms in total. The normalized spacial score (nSPS) is 33.2. The highest BCUT2D eigenvalue weighted by Crippen LogP contribution is 2.37. The van der Waals surface area contributed by atoms with E-state index in [1.54, 1.807) is 6.92 Å². The Hall–Kier alpha value is -0.550. The van der Waals surface area contributed by atoms with Crippen LogP contribution in [0.25, 0.3) is 0 Å². The molecule has 14 heavy (non-hydrogen) atoms. The van der Waals surface area contributed by atoms with Gasteiger partial charge in [-0.25, -0.2) is 0 Å². The van der Waals surface area contributed by atoms with E-state index in [1.165, 1.54) is 5.75 Å². The second-order valence-electron chi connectivity index (χ2n) is 3.79. The highest BCUT2D eigenvalue weighted by atomic mass is 32.2. The molecular formula is C9H15N3OS. The van der Waals surface area contributed by atoms with Crippen LogP contribution >= 0.6 is 11.8 Å². The van der Waals surface area contributed by atoms with Crippen LogP contribution in [0.2, 0.25) is 0 Å². The van der Waals surface area contributed by atoms with Gasteiger partial charge in [-0.2, -0.15) is 16.7 Å². The van der Waals surface area contributed by atoms with Gasteiger partial charge in [0.1, 0.15) is 0 Å². The molecule has 2 N–H and O–H groups in total. The molecule has 1 aromatic heterocycles. The third-order valence-electron chi connectivity index (χ3n) is 2.77. The van der Waals surface area contributed by atoms with Crippen LogP contribution < -0.4 is 5.73 Å². The molecule has 0 amide bonds. The summed E-state index contributed by atoms with van der Waals surface area (Å²) in [6.45, 7) is 3.93. The average molecular weight is 213 g/mol. The fraction of sp³-hybridized carbons (Fsp3) is 0.778. The summed E-state index contributed by atoms with van der Waals surface area (Å²) in [5.41, 5.74) is 5.93. The molecule has 1 aliphatic rings. The Morgan fingerprint density at radius 2 is 2.43 bits per heavy atom. The molecule has 0 aliphatic carbocycles. The first-order valence-corrected chi connectivity index (χ1v) is 5.89. The largest absolute Gasteiger partial charge is 0.340 e. The van der Waals surface area contributed by atoms with Crippen molar-refractivity contribution in [3.8, 4) is 0 Å². The summed E-state index contributed by atoms with van der Waals surface area (Å²) in [7, 11) is 0. The topological polar surface area (TPSA) is 64.9 Å². The van der Waals surface area contributed by atoms with Crippen LogP contribution in [-0.4, -0.2) is 21.1 Å². The number of thioether (sulfide) groups is 1. The minimum Gasteiger partial charge on any atom is -0.340 e. The van der Waals surface area contributed by atoms with E-state index in [0.29, 0.717) is 17.0 Å². The summed E-state index contributed by atoms with van der Waals surface area (Å²) in [6.07, 6.45) is 2.07. The number of aryl methyl sites for hydroxylation is 1. The fourth-order valence-electron chi connectivity index (χ4n) is 1.76. The number of nitrogens with two attached hydrogens (primary N) is 1. The maximum atomic E-state index is 6.33. The van der Waals surface area contributed by atoms with Crippen molar-refractivity contribution in [2.45, 2.75) is 37.5 Å². The molecule has 0 spiro atoms. The zero-order valence-corrected chi connectivity index (χ0v) is 9.30. The third-order valence-corrected chi connectivity index (χ3v) is 4.22. The Balaban J connectivity index is 2.29. The predicted molar refractivity (Wildman–Crippen MR) is 56.1 cm³/mol. The molecule has 1 aliphatic heterocycles. The maximum Gasteiger partial charge on any atom is 0.223 e. The highest BCUT2D eigenvalue weighted by Gasteiger charge is 2.40. The summed E-state index contributed by atoms with van der Waals surface area (Å²) >= 11 is 1.88. The van der Waals surface area contributed by atoms with Crippen molar-refractivity contribution in [2.24, 2.45) is 5.73 Å². The summed E-state index contributed by atoms with van der Waals surface area (Å²) in [6, 6.07) is 0. The van der Waals surface area contributed by atoms with Gasteiger partial charge < -0.3 is 10.3 Å². The van der Waals surface area contributed by atoms with Gasteiger partial charge in [-0.05, 0) is 18.6 Å². The second kappa shape index (κ2) is 3.55. The second-order valence-corrected chi connectivity index (χ2v) is 5.24. The lowest BCUT2D eigenvalue weighted by atomic mass is 9.90. The van der Waals surface area contributed by atoms with Gasteiger partial charge in [-0.15, -0.1) is 0 Å². The highest BCUT2D eigenvalue weighted by molar-refractivity contribution is 8.00. The molecule has 0 radical (unpaired) electrons. The molecule has 1 saturated heterocycles. The van der Waals surface area contributed by atoms with E-state index >= 15 is 0 Å². The van der Waals surface area contributed by atoms with Gasteiger partial charge in [0, 0.05) is 12.2 Å². The van der Waals surface area contributed by atoms with Crippen molar-refractivity contribution in [1.29, 1.82) is 0 Å². The van der Waals surface area contributed by atoms with Crippen LogP contribution in [0.4, 0.5) is 0 Å². The lowest BCUT2D eigenvalue weighted by Crippen LogP contribution is -2.48. The lowest BCUT2D eigenvalue weighted by Gasteiger charge is -2.35. The molecule has 0 saturated carbocycles. The molecule has 2 unspecified atom stereocenters. The minimum absolute atomic E-state index is 0.355. The van der Waals surface area contributed by atoms with Crippen LogP contribution in [0.1, 0.15) is 31.5 Å². The van der Waals surface area contributed by atoms with Crippen molar-refractivity contribution in [1.82, 2.24) is 10.1 Å². The standard InChI is InChI=1S/C9H15N3OS/c1-6-9(10,4-3-5-14-6)8-11-7(2)13-12-8/h6H,3-5,10H2,1-2H3. The quantitative estimate of drug-likeness (QED) is 0.764. The van der Waals surface area contributed by atoms with E-state index in [-0.39, 0.29) is 0 Å². The number of nitrogens with zero attached hydrogens (tertiary/aromatic N) is 2. The van der Waals surface area contributed by atoms with Crippen LogP contribution in [-0.2, 0) is 5.54 Å².